The minimum atomic E-state index is -0.309. The van der Waals surface area contributed by atoms with Crippen LogP contribution in [0.4, 0.5) is 0 Å². The van der Waals surface area contributed by atoms with E-state index in [4.69, 9.17) is 5.73 Å². The first kappa shape index (κ1) is 10.9. The number of carbonyl (C=O) groups excluding carboxylic acids is 2. The molecule has 70 valence electrons. The van der Waals surface area contributed by atoms with E-state index < -0.39 is 0 Å². The molecule has 0 aromatic heterocycles. The Bertz CT molecular complexity index is 159. The van der Waals surface area contributed by atoms with Crippen molar-refractivity contribution in [3.8, 4) is 0 Å². The van der Waals surface area contributed by atoms with Gasteiger partial charge in [-0.15, -0.1) is 0 Å². The SMILES string of the molecule is CNC(=O)CNCCCC(N)=O. The lowest BCUT2D eigenvalue weighted by Crippen LogP contribution is -2.32. The van der Waals surface area contributed by atoms with Gasteiger partial charge in [-0.05, 0) is 13.0 Å². The van der Waals surface area contributed by atoms with E-state index in [1.54, 1.807) is 7.05 Å². The van der Waals surface area contributed by atoms with Gasteiger partial charge in [0.25, 0.3) is 0 Å². The molecule has 0 bridgehead atoms. The summed E-state index contributed by atoms with van der Waals surface area (Å²) in [5, 5.41) is 5.34. The number of primary amides is 1. The second kappa shape index (κ2) is 6.60. The van der Waals surface area contributed by atoms with E-state index in [-0.39, 0.29) is 18.4 Å². The summed E-state index contributed by atoms with van der Waals surface area (Å²) in [6, 6.07) is 0. The fraction of sp³-hybridized carbons (Fsp3) is 0.714. The zero-order valence-electron chi connectivity index (χ0n) is 7.22. The smallest absolute Gasteiger partial charge is 0.233 e. The van der Waals surface area contributed by atoms with Gasteiger partial charge in [-0.2, -0.15) is 0 Å². The summed E-state index contributed by atoms with van der Waals surface area (Å²) in [7, 11) is 1.58. The van der Waals surface area contributed by atoms with Gasteiger partial charge in [0.1, 0.15) is 0 Å². The zero-order chi connectivity index (χ0) is 9.40. The van der Waals surface area contributed by atoms with Gasteiger partial charge in [-0.1, -0.05) is 0 Å². The third-order valence-electron chi connectivity index (χ3n) is 1.34. The molecule has 0 saturated heterocycles. The fourth-order valence-electron chi connectivity index (χ4n) is 0.678. The molecule has 2 amide bonds. The van der Waals surface area contributed by atoms with E-state index in [2.05, 4.69) is 10.6 Å². The van der Waals surface area contributed by atoms with Gasteiger partial charge in [0.2, 0.25) is 11.8 Å². The normalized spacial score (nSPS) is 9.42. The minimum Gasteiger partial charge on any atom is -0.370 e. The first-order valence-electron chi connectivity index (χ1n) is 3.86. The number of hydrogen-bond donors (Lipinski definition) is 3. The summed E-state index contributed by atoms with van der Waals surface area (Å²) in [6.45, 7) is 0.922. The van der Waals surface area contributed by atoms with Gasteiger partial charge in [-0.25, -0.2) is 0 Å². The van der Waals surface area contributed by atoms with E-state index in [1.165, 1.54) is 0 Å². The van der Waals surface area contributed by atoms with Crippen LogP contribution in [0.2, 0.25) is 0 Å². The number of nitrogens with one attached hydrogen (secondary N) is 2. The van der Waals surface area contributed by atoms with E-state index in [1.807, 2.05) is 0 Å². The molecule has 0 spiro atoms. The molecule has 0 rings (SSSR count). The van der Waals surface area contributed by atoms with E-state index in [0.29, 0.717) is 19.4 Å². The average Bonchev–Trinajstić information content (AvgIpc) is 2.03. The number of nitrogens with two attached hydrogens (primary N) is 1. The van der Waals surface area contributed by atoms with Crippen LogP contribution in [0.15, 0.2) is 0 Å². The second-order valence-corrected chi connectivity index (χ2v) is 2.42. The Hall–Kier alpha value is -1.10. The molecule has 0 radical (unpaired) electrons. The van der Waals surface area contributed by atoms with Crippen molar-refractivity contribution in [1.82, 2.24) is 10.6 Å². The Morgan fingerprint density at radius 2 is 2.08 bits per heavy atom. The first-order valence-corrected chi connectivity index (χ1v) is 3.86. The molecule has 0 heterocycles. The molecule has 0 atom stereocenters. The monoisotopic (exact) mass is 173 g/mol. The lowest BCUT2D eigenvalue weighted by Gasteiger charge is -2.01. The standard InChI is InChI=1S/C7H15N3O2/c1-9-7(12)5-10-4-2-3-6(8)11/h10H,2-5H2,1H3,(H2,8,11)(H,9,12). The van der Waals surface area contributed by atoms with Crippen LogP contribution in [0, 0.1) is 0 Å². The Labute approximate surface area is 71.7 Å². The van der Waals surface area contributed by atoms with Crippen LogP contribution < -0.4 is 16.4 Å². The average molecular weight is 173 g/mol. The maximum atomic E-state index is 10.6. The van der Waals surface area contributed by atoms with Gasteiger partial charge in [-0.3, -0.25) is 9.59 Å². The Balaban J connectivity index is 3.11. The summed E-state index contributed by atoms with van der Waals surface area (Å²) in [5.41, 5.74) is 4.91. The minimum absolute atomic E-state index is 0.0610. The third-order valence-corrected chi connectivity index (χ3v) is 1.34. The molecule has 0 aliphatic rings. The summed E-state index contributed by atoms with van der Waals surface area (Å²) < 4.78 is 0. The van der Waals surface area contributed by atoms with E-state index in [0.717, 1.165) is 0 Å². The predicted molar refractivity (Wildman–Crippen MR) is 45.4 cm³/mol. The van der Waals surface area contributed by atoms with Crippen molar-refractivity contribution >= 4 is 11.8 Å². The number of amides is 2. The first-order chi connectivity index (χ1) is 5.66. The molecule has 0 aromatic carbocycles. The van der Waals surface area contributed by atoms with Gasteiger partial charge < -0.3 is 16.4 Å². The highest BCUT2D eigenvalue weighted by atomic mass is 16.2. The van der Waals surface area contributed by atoms with Crippen molar-refractivity contribution in [1.29, 1.82) is 0 Å². The van der Waals surface area contributed by atoms with Crippen LogP contribution in [0.25, 0.3) is 0 Å². The number of carbonyl (C=O) groups is 2. The molecule has 4 N–H and O–H groups in total. The third kappa shape index (κ3) is 7.01. The molecular formula is C7H15N3O2. The van der Waals surface area contributed by atoms with Crippen molar-refractivity contribution < 1.29 is 9.59 Å². The molecule has 0 saturated carbocycles. The number of hydrogen-bond acceptors (Lipinski definition) is 3. The topological polar surface area (TPSA) is 84.2 Å². The maximum Gasteiger partial charge on any atom is 0.233 e. The van der Waals surface area contributed by atoms with Gasteiger partial charge in [0.05, 0.1) is 6.54 Å². The number of rotatable bonds is 6. The Morgan fingerprint density at radius 3 is 2.58 bits per heavy atom. The second-order valence-electron chi connectivity index (χ2n) is 2.42. The van der Waals surface area contributed by atoms with Gasteiger partial charge >= 0.3 is 0 Å². The molecule has 5 nitrogen and oxygen atoms in total. The van der Waals surface area contributed by atoms with Gasteiger partial charge in [0, 0.05) is 13.5 Å². The molecule has 5 heteroatoms. The van der Waals surface area contributed by atoms with Crippen LogP contribution in [-0.4, -0.2) is 32.0 Å². The highest BCUT2D eigenvalue weighted by Crippen LogP contribution is 1.83. The maximum absolute atomic E-state index is 10.6. The summed E-state index contributed by atoms with van der Waals surface area (Å²) in [5.74, 6) is -0.370. The molecule has 0 aliphatic carbocycles. The van der Waals surface area contributed by atoms with Crippen LogP contribution in [0.1, 0.15) is 12.8 Å². The zero-order valence-corrected chi connectivity index (χ0v) is 7.22. The largest absolute Gasteiger partial charge is 0.370 e. The van der Waals surface area contributed by atoms with E-state index in [9.17, 15) is 9.59 Å². The highest BCUT2D eigenvalue weighted by Gasteiger charge is 1.96. The summed E-state index contributed by atoms with van der Waals surface area (Å²) in [6.07, 6.45) is 1.03. The van der Waals surface area contributed by atoms with Crippen molar-refractivity contribution in [2.75, 3.05) is 20.1 Å². The molecule has 0 unspecified atom stereocenters. The van der Waals surface area contributed by atoms with Crippen LogP contribution in [0.3, 0.4) is 0 Å². The summed E-state index contributed by atoms with van der Waals surface area (Å²) in [4.78, 5) is 20.9. The Morgan fingerprint density at radius 1 is 1.42 bits per heavy atom. The summed E-state index contributed by atoms with van der Waals surface area (Å²) >= 11 is 0. The van der Waals surface area contributed by atoms with Crippen molar-refractivity contribution in [3.05, 3.63) is 0 Å². The van der Waals surface area contributed by atoms with Crippen LogP contribution in [-0.2, 0) is 9.59 Å². The Kier molecular flexibility index (Phi) is 6.00. The fourth-order valence-corrected chi connectivity index (χ4v) is 0.678. The number of likely N-dealkylation sites (N-methyl/N-ethyl adjacent to an activating group) is 1. The van der Waals surface area contributed by atoms with Crippen molar-refractivity contribution in [3.63, 3.8) is 0 Å². The van der Waals surface area contributed by atoms with Crippen molar-refractivity contribution in [2.45, 2.75) is 12.8 Å². The van der Waals surface area contributed by atoms with Gasteiger partial charge in [0.15, 0.2) is 0 Å². The molecule has 0 aliphatic heterocycles. The van der Waals surface area contributed by atoms with E-state index >= 15 is 0 Å². The van der Waals surface area contributed by atoms with Crippen LogP contribution in [0.5, 0.6) is 0 Å². The molecule has 0 aromatic rings. The quantitative estimate of drug-likeness (QED) is 0.431. The molecule has 0 fully saturated rings. The van der Waals surface area contributed by atoms with Crippen molar-refractivity contribution in [2.24, 2.45) is 5.73 Å². The van der Waals surface area contributed by atoms with Crippen LogP contribution >= 0.6 is 0 Å². The predicted octanol–water partition coefficient (Wildman–Crippen LogP) is -1.41. The molecular weight excluding hydrogens is 158 g/mol. The molecule has 12 heavy (non-hydrogen) atoms. The highest BCUT2D eigenvalue weighted by molar-refractivity contribution is 5.77. The lowest BCUT2D eigenvalue weighted by molar-refractivity contribution is -0.119. The lowest BCUT2D eigenvalue weighted by atomic mass is 10.3.